The highest BCUT2D eigenvalue weighted by Crippen LogP contribution is 2.43. The molecule has 9 nitrogen and oxygen atoms in total. The zero-order valence-electron chi connectivity index (χ0n) is 30.1. The van der Waals surface area contributed by atoms with Gasteiger partial charge in [-0.2, -0.15) is 0 Å². The third-order valence-electron chi connectivity index (χ3n) is 7.48. The Morgan fingerprint density at radius 2 is 1.17 bits per heavy atom. The molecule has 0 aliphatic carbocycles. The summed E-state index contributed by atoms with van der Waals surface area (Å²) < 4.78 is 33.8. The predicted octanol–water partition coefficient (Wildman–Crippen LogP) is 9.24. The highest BCUT2D eigenvalue weighted by Gasteiger charge is 2.27. The molecule has 0 aliphatic rings. The van der Waals surface area contributed by atoms with Crippen LogP contribution in [0.2, 0.25) is 0 Å². The number of allylic oxidation sites excluding steroid dienone is 4. The smallest absolute Gasteiger partial charge is 0.462 e. The van der Waals surface area contributed by atoms with Gasteiger partial charge in [0.2, 0.25) is 0 Å². The van der Waals surface area contributed by atoms with Crippen molar-refractivity contribution in [3.8, 4) is 0 Å². The van der Waals surface area contributed by atoms with Crippen LogP contribution in [0.1, 0.15) is 142 Å². The number of unbranched alkanes of at least 4 members (excludes halogenated alkanes) is 14. The van der Waals surface area contributed by atoms with E-state index in [4.69, 9.17) is 18.5 Å². The highest BCUT2D eigenvalue weighted by molar-refractivity contribution is 7.47. The van der Waals surface area contributed by atoms with Crippen molar-refractivity contribution in [2.75, 3.05) is 47.5 Å². The molecule has 0 radical (unpaired) electrons. The number of quaternary nitrogens is 1. The number of likely N-dealkylation sites (N-methyl/N-ethyl adjacent to an activating group) is 1. The molecule has 0 aromatic rings. The van der Waals surface area contributed by atoms with Crippen LogP contribution in [0, 0.1) is 0 Å². The Morgan fingerprint density at radius 1 is 0.674 bits per heavy atom. The topological polar surface area (TPSA) is 108 Å². The van der Waals surface area contributed by atoms with Gasteiger partial charge in [0.05, 0.1) is 27.7 Å². The Morgan fingerprint density at radius 3 is 1.74 bits per heavy atom. The molecule has 0 saturated carbocycles. The first-order valence-electron chi connectivity index (χ1n) is 18.1. The highest BCUT2D eigenvalue weighted by atomic mass is 31.2. The average Bonchev–Trinajstić information content (AvgIpc) is 2.99. The lowest BCUT2D eigenvalue weighted by Crippen LogP contribution is -2.37. The van der Waals surface area contributed by atoms with E-state index in [1.54, 1.807) is 0 Å². The zero-order valence-corrected chi connectivity index (χ0v) is 31.0. The first-order chi connectivity index (χ1) is 22.0. The molecule has 0 aromatic carbocycles. The molecule has 0 aromatic heterocycles. The summed E-state index contributed by atoms with van der Waals surface area (Å²) in [4.78, 5) is 34.7. The summed E-state index contributed by atoms with van der Waals surface area (Å²) in [5.74, 6) is -0.829. The van der Waals surface area contributed by atoms with Gasteiger partial charge in [-0.1, -0.05) is 109 Å². The summed E-state index contributed by atoms with van der Waals surface area (Å²) in [6, 6.07) is 0. The maximum absolute atomic E-state index is 12.5. The molecule has 0 aliphatic heterocycles. The Kier molecular flexibility index (Phi) is 28.6. The maximum atomic E-state index is 12.5. The van der Waals surface area contributed by atoms with Crippen LogP contribution in [-0.2, 0) is 32.7 Å². The summed E-state index contributed by atoms with van der Waals surface area (Å²) >= 11 is 0. The van der Waals surface area contributed by atoms with Crippen molar-refractivity contribution in [1.29, 1.82) is 0 Å². The van der Waals surface area contributed by atoms with E-state index < -0.39 is 26.5 Å². The molecule has 0 fully saturated rings. The third-order valence-corrected chi connectivity index (χ3v) is 8.47. The lowest BCUT2D eigenvalue weighted by molar-refractivity contribution is -0.870. The molecule has 2 atom stereocenters. The van der Waals surface area contributed by atoms with Crippen LogP contribution in [0.4, 0.5) is 0 Å². The van der Waals surface area contributed by atoms with Gasteiger partial charge < -0.3 is 18.9 Å². The molecule has 270 valence electrons. The number of rotatable bonds is 32. The van der Waals surface area contributed by atoms with E-state index in [1.807, 2.05) is 21.1 Å². The second-order valence-corrected chi connectivity index (χ2v) is 14.7. The minimum absolute atomic E-state index is 0.0305. The molecule has 0 spiro atoms. The number of nitrogens with zero attached hydrogens (tertiary/aromatic N) is 1. The second kappa shape index (κ2) is 29.6. The van der Waals surface area contributed by atoms with Gasteiger partial charge in [-0.15, -0.1) is 0 Å². The summed E-state index contributed by atoms with van der Waals surface area (Å²) in [5.41, 5.74) is 0. The van der Waals surface area contributed by atoms with Gasteiger partial charge in [0.25, 0.3) is 0 Å². The molecule has 2 unspecified atom stereocenters. The number of phosphoric acid groups is 1. The molecular weight excluding hydrogens is 605 g/mol. The molecule has 0 amide bonds. The van der Waals surface area contributed by atoms with E-state index in [9.17, 15) is 19.0 Å². The van der Waals surface area contributed by atoms with Gasteiger partial charge in [0.15, 0.2) is 6.10 Å². The van der Waals surface area contributed by atoms with Crippen LogP contribution in [0.25, 0.3) is 0 Å². The number of ether oxygens (including phenoxy) is 2. The van der Waals surface area contributed by atoms with Crippen LogP contribution in [0.3, 0.4) is 0 Å². The SMILES string of the molecule is CCCCCC/C=C\C/C=C\CCCCCCCCCC(=O)OC(COC(=O)CCCCCC)COP(=O)(O)OCC[N+](C)(C)C. The minimum Gasteiger partial charge on any atom is -0.462 e. The fourth-order valence-electron chi connectivity index (χ4n) is 4.57. The number of esters is 2. The van der Waals surface area contributed by atoms with E-state index in [0.717, 1.165) is 57.8 Å². The van der Waals surface area contributed by atoms with E-state index in [-0.39, 0.29) is 32.0 Å². The Hall–Kier alpha value is -1.51. The van der Waals surface area contributed by atoms with Gasteiger partial charge in [-0.3, -0.25) is 18.6 Å². The van der Waals surface area contributed by atoms with E-state index in [1.165, 1.54) is 51.4 Å². The zero-order chi connectivity index (χ0) is 34.4. The standard InChI is InChI=1S/C36H68NO8P/c1-6-8-10-12-13-14-15-16-17-18-19-20-21-22-23-24-25-27-29-36(39)45-34(32-42-35(38)28-26-11-9-7-2)33-44-46(40,41)43-31-30-37(3,4)5/h14-15,17-18,34H,6-13,16,19-33H2,1-5H3/p+1/b15-14-,18-17-. The number of hydrogen-bond donors (Lipinski definition) is 1. The van der Waals surface area contributed by atoms with Gasteiger partial charge in [0, 0.05) is 12.8 Å². The van der Waals surface area contributed by atoms with E-state index in [0.29, 0.717) is 17.4 Å². The average molecular weight is 675 g/mol. The number of carbonyl (C=O) groups excluding carboxylic acids is 2. The summed E-state index contributed by atoms with van der Waals surface area (Å²) in [5, 5.41) is 0. The maximum Gasteiger partial charge on any atom is 0.472 e. The van der Waals surface area contributed by atoms with Crippen molar-refractivity contribution in [1.82, 2.24) is 0 Å². The molecule has 0 saturated heterocycles. The van der Waals surface area contributed by atoms with Gasteiger partial charge in [-0.25, -0.2) is 4.57 Å². The minimum atomic E-state index is -4.35. The fraction of sp³-hybridized carbons (Fsp3) is 0.833. The number of phosphoric ester groups is 1. The number of hydrogen-bond acceptors (Lipinski definition) is 7. The van der Waals surface area contributed by atoms with Gasteiger partial charge in [0.1, 0.15) is 19.8 Å². The fourth-order valence-corrected chi connectivity index (χ4v) is 5.31. The van der Waals surface area contributed by atoms with Crippen molar-refractivity contribution in [3.63, 3.8) is 0 Å². The van der Waals surface area contributed by atoms with Gasteiger partial charge >= 0.3 is 19.8 Å². The molecule has 10 heteroatoms. The summed E-state index contributed by atoms with van der Waals surface area (Å²) in [6.07, 6.45) is 28.5. The number of carbonyl (C=O) groups is 2. The summed E-state index contributed by atoms with van der Waals surface area (Å²) in [6.45, 7) is 4.24. The van der Waals surface area contributed by atoms with Crippen molar-refractivity contribution in [3.05, 3.63) is 24.3 Å². The van der Waals surface area contributed by atoms with Crippen molar-refractivity contribution in [2.24, 2.45) is 0 Å². The van der Waals surface area contributed by atoms with Gasteiger partial charge in [-0.05, 0) is 44.9 Å². The Labute approximate surface area is 281 Å². The predicted molar refractivity (Wildman–Crippen MR) is 187 cm³/mol. The van der Waals surface area contributed by atoms with Crippen molar-refractivity contribution >= 4 is 19.8 Å². The second-order valence-electron chi connectivity index (χ2n) is 13.3. The van der Waals surface area contributed by atoms with Crippen molar-refractivity contribution in [2.45, 2.75) is 148 Å². The van der Waals surface area contributed by atoms with Crippen LogP contribution >= 0.6 is 7.82 Å². The first-order valence-corrected chi connectivity index (χ1v) is 19.6. The molecule has 46 heavy (non-hydrogen) atoms. The van der Waals surface area contributed by atoms with Crippen LogP contribution < -0.4 is 0 Å². The van der Waals surface area contributed by atoms with Crippen LogP contribution in [0.15, 0.2) is 24.3 Å². The lowest BCUT2D eigenvalue weighted by Gasteiger charge is -2.24. The van der Waals surface area contributed by atoms with Crippen LogP contribution in [0.5, 0.6) is 0 Å². The Bertz CT molecular complexity index is 855. The Balaban J connectivity index is 4.27. The summed E-state index contributed by atoms with van der Waals surface area (Å²) in [7, 11) is 1.47. The molecule has 0 bridgehead atoms. The normalized spacial score (nSPS) is 14.1. The lowest BCUT2D eigenvalue weighted by atomic mass is 10.1. The molecule has 0 heterocycles. The molecular formula is C36H69NO8P+. The quantitative estimate of drug-likeness (QED) is 0.0247. The third kappa shape index (κ3) is 32.4. The monoisotopic (exact) mass is 674 g/mol. The van der Waals surface area contributed by atoms with Crippen molar-refractivity contribution < 1.29 is 42.1 Å². The van der Waals surface area contributed by atoms with Crippen LogP contribution in [-0.4, -0.2) is 74.9 Å². The molecule has 0 rings (SSSR count). The van der Waals surface area contributed by atoms with E-state index in [2.05, 4.69) is 38.2 Å². The molecule has 1 N–H and O–H groups in total. The largest absolute Gasteiger partial charge is 0.472 e. The first kappa shape index (κ1) is 44.5. The van der Waals surface area contributed by atoms with E-state index >= 15 is 0 Å².